The highest BCUT2D eigenvalue weighted by atomic mass is 35.5. The standard InChI is InChI=1S/C18H11Cl2F2NO3S2/c19-12-3-1-10(7-13(12)20)9-28(25,26)16-5-6-27-17(16)18(24)23-15-4-2-11(21)8-14(15)22/h1-8H,9H2,(H,23,24). The first kappa shape index (κ1) is 20.7. The highest BCUT2D eigenvalue weighted by molar-refractivity contribution is 7.90. The Morgan fingerprint density at radius 1 is 1.04 bits per heavy atom. The molecule has 1 N–H and O–H groups in total. The van der Waals surface area contributed by atoms with E-state index in [4.69, 9.17) is 23.2 Å². The Morgan fingerprint density at radius 3 is 2.46 bits per heavy atom. The van der Waals surface area contributed by atoms with Gasteiger partial charge < -0.3 is 5.32 Å². The molecule has 3 rings (SSSR count). The lowest BCUT2D eigenvalue weighted by Crippen LogP contribution is -2.16. The van der Waals surface area contributed by atoms with Crippen LogP contribution in [0.3, 0.4) is 0 Å². The number of carbonyl (C=O) groups is 1. The van der Waals surface area contributed by atoms with Crippen LogP contribution in [0, 0.1) is 11.6 Å². The van der Waals surface area contributed by atoms with Gasteiger partial charge in [0.05, 0.1) is 26.4 Å². The normalized spacial score (nSPS) is 11.4. The molecule has 0 fully saturated rings. The molecule has 146 valence electrons. The van der Waals surface area contributed by atoms with Gasteiger partial charge in [-0.2, -0.15) is 0 Å². The minimum absolute atomic E-state index is 0.108. The van der Waals surface area contributed by atoms with Gasteiger partial charge >= 0.3 is 0 Å². The predicted molar refractivity (Wildman–Crippen MR) is 106 cm³/mol. The molecular weight excluding hydrogens is 451 g/mol. The van der Waals surface area contributed by atoms with Crippen LogP contribution in [-0.2, 0) is 15.6 Å². The molecule has 0 radical (unpaired) electrons. The van der Waals surface area contributed by atoms with Gasteiger partial charge in [0.15, 0.2) is 9.84 Å². The molecular formula is C18H11Cl2F2NO3S2. The SMILES string of the molecule is O=C(Nc1ccc(F)cc1F)c1sccc1S(=O)(=O)Cc1ccc(Cl)c(Cl)c1. The molecule has 1 heterocycles. The number of rotatable bonds is 5. The Hall–Kier alpha value is -2.00. The van der Waals surface area contributed by atoms with Crippen LogP contribution in [0.15, 0.2) is 52.7 Å². The van der Waals surface area contributed by atoms with E-state index < -0.39 is 33.1 Å². The molecule has 4 nitrogen and oxygen atoms in total. The first-order valence-corrected chi connectivity index (χ1v) is 11.0. The fourth-order valence-corrected chi connectivity index (χ4v) is 5.44. The van der Waals surface area contributed by atoms with Gasteiger partial charge in [-0.25, -0.2) is 17.2 Å². The summed E-state index contributed by atoms with van der Waals surface area (Å²) >= 11 is 12.6. The summed E-state index contributed by atoms with van der Waals surface area (Å²) in [6.07, 6.45) is 0. The number of carbonyl (C=O) groups excluding carboxylic acids is 1. The quantitative estimate of drug-likeness (QED) is 0.540. The summed E-state index contributed by atoms with van der Waals surface area (Å²) in [6, 6.07) is 8.38. The Labute approximate surface area is 173 Å². The lowest BCUT2D eigenvalue weighted by molar-refractivity contribution is 0.102. The van der Waals surface area contributed by atoms with Gasteiger partial charge in [0, 0.05) is 6.07 Å². The maximum Gasteiger partial charge on any atom is 0.267 e. The smallest absolute Gasteiger partial charge is 0.267 e. The van der Waals surface area contributed by atoms with Crippen molar-refractivity contribution < 1.29 is 22.0 Å². The molecule has 0 saturated heterocycles. The molecule has 1 aromatic heterocycles. The molecule has 0 bridgehead atoms. The number of hydrogen-bond acceptors (Lipinski definition) is 4. The van der Waals surface area contributed by atoms with Gasteiger partial charge in [-0.1, -0.05) is 29.3 Å². The second kappa shape index (κ2) is 8.16. The van der Waals surface area contributed by atoms with Crippen molar-refractivity contribution in [2.24, 2.45) is 0 Å². The lowest BCUT2D eigenvalue weighted by Gasteiger charge is -2.09. The highest BCUT2D eigenvalue weighted by Gasteiger charge is 2.25. The van der Waals surface area contributed by atoms with Gasteiger partial charge in [0.2, 0.25) is 0 Å². The number of amides is 1. The van der Waals surface area contributed by atoms with Gasteiger partial charge in [0.1, 0.15) is 16.5 Å². The van der Waals surface area contributed by atoms with Crippen LogP contribution in [0.4, 0.5) is 14.5 Å². The highest BCUT2D eigenvalue weighted by Crippen LogP contribution is 2.29. The summed E-state index contributed by atoms with van der Waals surface area (Å²) in [5.41, 5.74) is 0.143. The van der Waals surface area contributed by atoms with Crippen LogP contribution in [0.2, 0.25) is 10.0 Å². The van der Waals surface area contributed by atoms with Crippen LogP contribution in [0.1, 0.15) is 15.2 Å². The minimum Gasteiger partial charge on any atom is -0.319 e. The summed E-state index contributed by atoms with van der Waals surface area (Å²) in [7, 11) is -3.89. The zero-order chi connectivity index (χ0) is 20.5. The molecule has 0 saturated carbocycles. The van der Waals surface area contributed by atoms with E-state index in [1.807, 2.05) is 0 Å². The molecule has 0 aliphatic heterocycles. The number of halogens is 4. The first-order chi connectivity index (χ1) is 13.2. The molecule has 2 aromatic carbocycles. The number of anilines is 1. The molecule has 10 heteroatoms. The average molecular weight is 462 g/mol. The van der Waals surface area contributed by atoms with Crippen LogP contribution in [0.25, 0.3) is 0 Å². The zero-order valence-electron chi connectivity index (χ0n) is 13.9. The molecule has 0 aliphatic rings. The van der Waals surface area contributed by atoms with Crippen molar-refractivity contribution in [2.45, 2.75) is 10.6 Å². The number of sulfone groups is 1. The fraction of sp³-hybridized carbons (Fsp3) is 0.0556. The minimum atomic E-state index is -3.89. The summed E-state index contributed by atoms with van der Waals surface area (Å²) in [5, 5.41) is 4.21. The van der Waals surface area contributed by atoms with Crippen molar-refractivity contribution in [1.82, 2.24) is 0 Å². The first-order valence-electron chi connectivity index (χ1n) is 7.68. The monoisotopic (exact) mass is 461 g/mol. The molecule has 3 aromatic rings. The molecule has 0 aliphatic carbocycles. The summed E-state index contributed by atoms with van der Waals surface area (Å²) in [6.45, 7) is 0. The maximum atomic E-state index is 13.8. The lowest BCUT2D eigenvalue weighted by atomic mass is 10.2. The van der Waals surface area contributed by atoms with Crippen molar-refractivity contribution in [3.05, 3.63) is 80.0 Å². The Bertz CT molecular complexity index is 1160. The predicted octanol–water partition coefficient (Wildman–Crippen LogP) is 5.56. The summed E-state index contributed by atoms with van der Waals surface area (Å²) in [5.74, 6) is -2.97. The van der Waals surface area contributed by atoms with E-state index in [1.165, 1.54) is 29.6 Å². The van der Waals surface area contributed by atoms with E-state index in [9.17, 15) is 22.0 Å². The molecule has 0 spiro atoms. The Morgan fingerprint density at radius 2 is 1.79 bits per heavy atom. The van der Waals surface area contributed by atoms with Crippen LogP contribution in [0.5, 0.6) is 0 Å². The van der Waals surface area contributed by atoms with E-state index in [-0.39, 0.29) is 20.5 Å². The second-order valence-corrected chi connectivity index (χ2v) is 9.39. The topological polar surface area (TPSA) is 63.2 Å². The van der Waals surface area contributed by atoms with E-state index in [2.05, 4.69) is 5.32 Å². The van der Waals surface area contributed by atoms with Crippen molar-refractivity contribution in [3.63, 3.8) is 0 Å². The third-order valence-electron chi connectivity index (χ3n) is 3.69. The Kier molecular flexibility index (Phi) is 6.04. The van der Waals surface area contributed by atoms with E-state index >= 15 is 0 Å². The molecule has 28 heavy (non-hydrogen) atoms. The molecule has 1 amide bonds. The average Bonchev–Trinajstić information content (AvgIpc) is 3.11. The number of benzene rings is 2. The van der Waals surface area contributed by atoms with Crippen molar-refractivity contribution >= 4 is 56.0 Å². The Balaban J connectivity index is 1.87. The van der Waals surface area contributed by atoms with Crippen LogP contribution >= 0.6 is 34.5 Å². The van der Waals surface area contributed by atoms with Crippen LogP contribution in [-0.4, -0.2) is 14.3 Å². The van der Waals surface area contributed by atoms with Gasteiger partial charge in [-0.15, -0.1) is 11.3 Å². The molecule has 0 unspecified atom stereocenters. The summed E-state index contributed by atoms with van der Waals surface area (Å²) in [4.78, 5) is 12.2. The fourth-order valence-electron chi connectivity index (χ4n) is 2.40. The van der Waals surface area contributed by atoms with Gasteiger partial charge in [-0.05, 0) is 41.3 Å². The second-order valence-electron chi connectivity index (χ2n) is 5.70. The van der Waals surface area contributed by atoms with Gasteiger partial charge in [0.25, 0.3) is 5.91 Å². The van der Waals surface area contributed by atoms with E-state index in [0.717, 1.165) is 23.5 Å². The number of hydrogen-bond donors (Lipinski definition) is 1. The van der Waals surface area contributed by atoms with Gasteiger partial charge in [-0.3, -0.25) is 4.79 Å². The van der Waals surface area contributed by atoms with Crippen molar-refractivity contribution in [3.8, 4) is 0 Å². The van der Waals surface area contributed by atoms with Crippen molar-refractivity contribution in [2.75, 3.05) is 5.32 Å². The zero-order valence-corrected chi connectivity index (χ0v) is 17.0. The third kappa shape index (κ3) is 4.52. The number of nitrogens with one attached hydrogen (secondary N) is 1. The molecule has 0 atom stereocenters. The maximum absolute atomic E-state index is 13.8. The summed E-state index contributed by atoms with van der Waals surface area (Å²) < 4.78 is 52.3. The van der Waals surface area contributed by atoms with Crippen molar-refractivity contribution in [1.29, 1.82) is 0 Å². The third-order valence-corrected chi connectivity index (χ3v) is 7.20. The largest absolute Gasteiger partial charge is 0.319 e. The number of thiophene rings is 1. The van der Waals surface area contributed by atoms with E-state index in [0.29, 0.717) is 16.7 Å². The van der Waals surface area contributed by atoms with Crippen LogP contribution < -0.4 is 5.32 Å². The van der Waals surface area contributed by atoms with E-state index in [1.54, 1.807) is 0 Å².